The highest BCUT2D eigenvalue weighted by molar-refractivity contribution is 6.77. The van der Waals surface area contributed by atoms with Crippen LogP contribution >= 0.6 is 0 Å². The molecule has 0 aromatic heterocycles. The molecule has 0 fully saturated rings. The molecule has 1 atom stereocenters. The van der Waals surface area contributed by atoms with Crippen molar-refractivity contribution in [1.82, 2.24) is 4.57 Å². The molecule has 0 bridgehead atoms. The summed E-state index contributed by atoms with van der Waals surface area (Å²) in [5, 5.41) is 0. The monoisotopic (exact) mass is 317 g/mol. The van der Waals surface area contributed by atoms with E-state index in [1.807, 2.05) is 13.5 Å². The molecule has 0 aliphatic carbocycles. The second-order valence-electron chi connectivity index (χ2n) is 4.60. The molecular weight excluding hydrogens is 294 g/mol. The Balaban J connectivity index is 3.16. The predicted molar refractivity (Wildman–Crippen MR) is 79.9 cm³/mol. The molecule has 114 valence electrons. The van der Waals surface area contributed by atoms with E-state index in [0.29, 0.717) is 29.7 Å². The van der Waals surface area contributed by atoms with Crippen molar-refractivity contribution in [2.24, 2.45) is 0 Å². The molecular formula is C12H23NO5Si2. The third-order valence-electron chi connectivity index (χ3n) is 3.20. The van der Waals surface area contributed by atoms with Crippen LogP contribution in [0.25, 0.3) is 0 Å². The van der Waals surface area contributed by atoms with Gasteiger partial charge >= 0.3 is 0 Å². The summed E-state index contributed by atoms with van der Waals surface area (Å²) in [7, 11) is -2.08. The van der Waals surface area contributed by atoms with E-state index in [4.69, 9.17) is 13.6 Å². The molecule has 1 rings (SSSR count). The minimum atomic E-state index is -2.56. The van der Waals surface area contributed by atoms with Gasteiger partial charge in [-0.3, -0.25) is 14.2 Å². The van der Waals surface area contributed by atoms with Crippen LogP contribution < -0.4 is 0 Å². The Bertz CT molecular complexity index is 398. The molecule has 0 spiro atoms. The van der Waals surface area contributed by atoms with Gasteiger partial charge < -0.3 is 13.6 Å². The van der Waals surface area contributed by atoms with Gasteiger partial charge in [-0.05, 0) is 26.4 Å². The summed E-state index contributed by atoms with van der Waals surface area (Å²) in [4.78, 5) is 25.0. The van der Waals surface area contributed by atoms with Gasteiger partial charge in [0, 0.05) is 0 Å². The van der Waals surface area contributed by atoms with E-state index >= 15 is 0 Å². The van der Waals surface area contributed by atoms with Crippen molar-refractivity contribution in [1.29, 1.82) is 0 Å². The second kappa shape index (κ2) is 7.05. The van der Waals surface area contributed by atoms with Gasteiger partial charge in [-0.1, -0.05) is 13.3 Å². The lowest BCUT2D eigenvalue weighted by molar-refractivity contribution is -0.135. The van der Waals surface area contributed by atoms with E-state index in [1.54, 1.807) is 13.8 Å². The summed E-state index contributed by atoms with van der Waals surface area (Å²) in [6, 6.07) is 0.715. The zero-order valence-corrected chi connectivity index (χ0v) is 15.8. The Kier molecular flexibility index (Phi) is 5.96. The highest BCUT2D eigenvalue weighted by Gasteiger charge is 2.51. The van der Waals surface area contributed by atoms with Gasteiger partial charge in [-0.25, -0.2) is 0 Å². The molecule has 1 aliphatic rings. The number of hydrogen-bond donors (Lipinski definition) is 0. The van der Waals surface area contributed by atoms with E-state index in [-0.39, 0.29) is 11.5 Å². The third-order valence-corrected chi connectivity index (χ3v) is 9.50. The molecule has 0 N–H and O–H groups in total. The highest BCUT2D eigenvalue weighted by atomic mass is 28.4. The molecule has 6 nitrogen and oxygen atoms in total. The smallest absolute Gasteiger partial charge is 0.297 e. The SMILES string of the molecule is CCC[Si](C)(O[SiH3])N1C(=O)C(OCC)=C(OCC)C1=O. The first kappa shape index (κ1) is 16.9. The van der Waals surface area contributed by atoms with E-state index in [0.717, 1.165) is 6.42 Å². The summed E-state index contributed by atoms with van der Waals surface area (Å²) in [6.07, 6.45) is 0.857. The summed E-state index contributed by atoms with van der Waals surface area (Å²) in [6.45, 7) is 8.06. The average Bonchev–Trinajstić information content (AvgIpc) is 2.64. The van der Waals surface area contributed by atoms with Crippen LogP contribution in [0.2, 0.25) is 12.6 Å². The number of rotatable bonds is 8. The van der Waals surface area contributed by atoms with Crippen molar-refractivity contribution in [2.45, 2.75) is 39.8 Å². The fourth-order valence-corrected chi connectivity index (χ4v) is 5.99. The minimum absolute atomic E-state index is 0.0212. The Labute approximate surface area is 123 Å². The number of amides is 2. The largest absolute Gasteiger partial charge is 0.485 e. The molecule has 2 amide bonds. The molecule has 1 unspecified atom stereocenters. The van der Waals surface area contributed by atoms with Gasteiger partial charge in [0.25, 0.3) is 20.3 Å². The topological polar surface area (TPSA) is 65.1 Å². The van der Waals surface area contributed by atoms with Crippen LogP contribution in [-0.4, -0.2) is 48.6 Å². The van der Waals surface area contributed by atoms with Crippen molar-refractivity contribution >= 4 is 30.8 Å². The highest BCUT2D eigenvalue weighted by Crippen LogP contribution is 2.30. The normalized spacial score (nSPS) is 18.7. The zero-order valence-electron chi connectivity index (χ0n) is 12.8. The second-order valence-corrected chi connectivity index (χ2v) is 9.53. The maximum atomic E-state index is 12.5. The molecule has 1 heterocycles. The molecule has 0 saturated heterocycles. The summed E-state index contributed by atoms with van der Waals surface area (Å²) in [5.74, 6) is -0.793. The van der Waals surface area contributed by atoms with Crippen molar-refractivity contribution in [3.8, 4) is 0 Å². The number of nitrogens with zero attached hydrogens (tertiary/aromatic N) is 1. The lowest BCUT2D eigenvalue weighted by Gasteiger charge is -2.33. The Hall–Kier alpha value is -1.13. The number of ether oxygens (including phenoxy) is 2. The molecule has 0 aromatic rings. The van der Waals surface area contributed by atoms with Crippen LogP contribution in [-0.2, 0) is 23.2 Å². The van der Waals surface area contributed by atoms with Gasteiger partial charge in [-0.2, -0.15) is 0 Å². The van der Waals surface area contributed by atoms with Gasteiger partial charge in [0.2, 0.25) is 11.5 Å². The lowest BCUT2D eigenvalue weighted by Crippen LogP contribution is -2.56. The number of carbonyl (C=O) groups is 2. The Morgan fingerprint density at radius 3 is 1.80 bits per heavy atom. The van der Waals surface area contributed by atoms with Crippen LogP contribution in [0.4, 0.5) is 0 Å². The van der Waals surface area contributed by atoms with Crippen molar-refractivity contribution in [2.75, 3.05) is 13.2 Å². The number of imide groups is 1. The van der Waals surface area contributed by atoms with Crippen molar-refractivity contribution < 1.29 is 23.2 Å². The Morgan fingerprint density at radius 1 is 1.05 bits per heavy atom. The maximum Gasteiger partial charge on any atom is 0.297 e. The van der Waals surface area contributed by atoms with Crippen LogP contribution in [0.15, 0.2) is 11.5 Å². The van der Waals surface area contributed by atoms with Gasteiger partial charge in [0.05, 0.1) is 13.2 Å². The minimum Gasteiger partial charge on any atom is -0.485 e. The van der Waals surface area contributed by atoms with E-state index in [2.05, 4.69) is 0 Å². The van der Waals surface area contributed by atoms with Crippen LogP contribution in [0.1, 0.15) is 27.2 Å². The lowest BCUT2D eigenvalue weighted by atomic mass is 10.4. The van der Waals surface area contributed by atoms with Crippen LogP contribution in [0.3, 0.4) is 0 Å². The standard InChI is InChI=1S/C12H23NO5Si2/c1-5-8-20(4,18-19)13-11(14)9(16-6-2)10(12(13)15)17-7-3/h5-8H2,1-4,19H3. The first-order chi connectivity index (χ1) is 9.46. The molecule has 1 aliphatic heterocycles. The number of hydrogen-bond acceptors (Lipinski definition) is 5. The fourth-order valence-electron chi connectivity index (χ4n) is 2.23. The van der Waals surface area contributed by atoms with Crippen molar-refractivity contribution in [3.63, 3.8) is 0 Å². The summed E-state index contributed by atoms with van der Waals surface area (Å²) < 4.78 is 17.6. The first-order valence-electron chi connectivity index (χ1n) is 6.90. The third kappa shape index (κ3) is 2.96. The van der Waals surface area contributed by atoms with Gasteiger partial charge in [0.15, 0.2) is 0 Å². The summed E-state index contributed by atoms with van der Waals surface area (Å²) in [5.41, 5.74) is 0. The Morgan fingerprint density at radius 2 is 1.50 bits per heavy atom. The van der Waals surface area contributed by atoms with Gasteiger partial charge in [-0.15, -0.1) is 0 Å². The molecule has 0 aromatic carbocycles. The van der Waals surface area contributed by atoms with Crippen molar-refractivity contribution in [3.05, 3.63) is 11.5 Å². The van der Waals surface area contributed by atoms with E-state index < -0.39 is 20.3 Å². The quantitative estimate of drug-likeness (QED) is 0.479. The van der Waals surface area contributed by atoms with E-state index in [9.17, 15) is 9.59 Å². The van der Waals surface area contributed by atoms with E-state index in [1.165, 1.54) is 4.57 Å². The summed E-state index contributed by atoms with van der Waals surface area (Å²) >= 11 is 0. The van der Waals surface area contributed by atoms with Gasteiger partial charge in [0.1, 0.15) is 10.5 Å². The fraction of sp³-hybridized carbons (Fsp3) is 0.667. The van der Waals surface area contributed by atoms with Crippen LogP contribution in [0, 0.1) is 0 Å². The molecule has 0 radical (unpaired) electrons. The first-order valence-corrected chi connectivity index (χ1v) is 10.3. The average molecular weight is 317 g/mol. The predicted octanol–water partition coefficient (Wildman–Crippen LogP) is 0.419. The van der Waals surface area contributed by atoms with Crippen LogP contribution in [0.5, 0.6) is 0 Å². The molecule has 20 heavy (non-hydrogen) atoms. The zero-order chi connectivity index (χ0) is 15.3. The number of carbonyl (C=O) groups excluding carboxylic acids is 2. The molecule has 0 saturated carbocycles. The maximum absolute atomic E-state index is 12.5. The molecule has 8 heteroatoms.